The molecule has 0 aromatic heterocycles. The first-order valence-electron chi connectivity index (χ1n) is 3.50. The van der Waals surface area contributed by atoms with Gasteiger partial charge in [-0.3, -0.25) is 0 Å². The second kappa shape index (κ2) is 6.15. The highest BCUT2D eigenvalue weighted by Crippen LogP contribution is 2.43. The van der Waals surface area contributed by atoms with E-state index < -0.39 is 0 Å². The molecule has 0 aliphatic rings. The van der Waals surface area contributed by atoms with Crippen LogP contribution in [0.3, 0.4) is 0 Å². The molecule has 1 aromatic carbocycles. The van der Waals surface area contributed by atoms with Crippen molar-refractivity contribution < 1.29 is 0 Å². The van der Waals surface area contributed by atoms with Gasteiger partial charge in [-0.15, -0.1) is 0 Å². The van der Waals surface area contributed by atoms with E-state index >= 15 is 0 Å². The van der Waals surface area contributed by atoms with Gasteiger partial charge in [0, 0.05) is 28.6 Å². The Hall–Kier alpha value is 2.10. The number of benzene rings is 1. The van der Waals surface area contributed by atoms with E-state index in [0.717, 1.165) is 28.6 Å². The predicted octanol–water partition coefficient (Wildman–Crippen LogP) is 6.53. The van der Waals surface area contributed by atoms with E-state index in [-0.39, 0.29) is 0 Å². The average Bonchev–Trinajstić information content (AvgIpc) is 2.20. The lowest BCUT2D eigenvalue weighted by Crippen LogP contribution is -1.94. The highest BCUT2D eigenvalue weighted by molar-refractivity contribution is 9.15. The molecular formula is C8H4Br6. The van der Waals surface area contributed by atoms with Crippen molar-refractivity contribution >= 4 is 95.6 Å². The molecule has 1 rings (SSSR count). The summed E-state index contributed by atoms with van der Waals surface area (Å²) in [6.07, 6.45) is 0. The second-order valence-electron chi connectivity index (χ2n) is 2.48. The molecule has 0 atom stereocenters. The van der Waals surface area contributed by atoms with Gasteiger partial charge in [-0.2, -0.15) is 0 Å². The van der Waals surface area contributed by atoms with Gasteiger partial charge in [0.1, 0.15) is 0 Å². The Morgan fingerprint density at radius 2 is 0.857 bits per heavy atom. The van der Waals surface area contributed by atoms with Crippen molar-refractivity contribution in [2.45, 2.75) is 10.7 Å². The monoisotopic (exact) mass is 574 g/mol. The Labute approximate surface area is 133 Å². The highest BCUT2D eigenvalue weighted by atomic mass is 79.9. The van der Waals surface area contributed by atoms with Crippen LogP contribution in [0, 0.1) is 0 Å². The van der Waals surface area contributed by atoms with Gasteiger partial charge in [-0.25, -0.2) is 0 Å². The summed E-state index contributed by atoms with van der Waals surface area (Å²) >= 11 is 21.2. The number of halogens is 6. The van der Waals surface area contributed by atoms with Crippen molar-refractivity contribution in [2.75, 3.05) is 0 Å². The summed E-state index contributed by atoms with van der Waals surface area (Å²) in [7, 11) is 0. The topological polar surface area (TPSA) is 0 Å². The van der Waals surface area contributed by atoms with E-state index in [1.54, 1.807) is 0 Å². The van der Waals surface area contributed by atoms with Crippen molar-refractivity contribution in [1.29, 1.82) is 0 Å². The molecule has 0 radical (unpaired) electrons. The van der Waals surface area contributed by atoms with Crippen LogP contribution in [-0.4, -0.2) is 0 Å². The molecular weight excluding hydrogens is 576 g/mol. The zero-order valence-electron chi connectivity index (χ0n) is 6.68. The van der Waals surface area contributed by atoms with Gasteiger partial charge in [-0.1, -0.05) is 31.9 Å². The molecule has 0 unspecified atom stereocenters. The molecule has 0 spiro atoms. The SMILES string of the molecule is BrCc1c(Br)c(Br)c(Br)c(Br)c1CBr. The zero-order valence-corrected chi connectivity index (χ0v) is 16.2. The maximum absolute atomic E-state index is 3.57. The summed E-state index contributed by atoms with van der Waals surface area (Å²) in [5.41, 5.74) is 2.48. The fraction of sp³-hybridized carbons (Fsp3) is 0.250. The molecule has 0 fully saturated rings. The van der Waals surface area contributed by atoms with Crippen molar-refractivity contribution in [3.8, 4) is 0 Å². The van der Waals surface area contributed by atoms with Gasteiger partial charge in [0.05, 0.1) is 0 Å². The lowest BCUT2D eigenvalue weighted by molar-refractivity contribution is 1.23. The summed E-state index contributed by atoms with van der Waals surface area (Å²) in [6.45, 7) is 0. The summed E-state index contributed by atoms with van der Waals surface area (Å²) in [5, 5.41) is 1.64. The first kappa shape index (κ1) is 14.2. The minimum absolute atomic E-state index is 0.818. The molecule has 0 nitrogen and oxygen atoms in total. The highest BCUT2D eigenvalue weighted by Gasteiger charge is 2.17. The Kier molecular flexibility index (Phi) is 6.22. The van der Waals surface area contributed by atoms with Crippen LogP contribution >= 0.6 is 95.6 Å². The smallest absolute Gasteiger partial charge is 0.0474 e. The van der Waals surface area contributed by atoms with Gasteiger partial charge in [0.25, 0.3) is 0 Å². The maximum Gasteiger partial charge on any atom is 0.0474 e. The van der Waals surface area contributed by atoms with E-state index in [2.05, 4.69) is 95.6 Å². The number of hydrogen-bond acceptors (Lipinski definition) is 0. The van der Waals surface area contributed by atoms with Crippen LogP contribution in [0.5, 0.6) is 0 Å². The quantitative estimate of drug-likeness (QED) is 0.213. The van der Waals surface area contributed by atoms with Crippen LogP contribution in [0.4, 0.5) is 0 Å². The summed E-state index contributed by atoms with van der Waals surface area (Å²) in [5.74, 6) is 0. The van der Waals surface area contributed by atoms with Crippen molar-refractivity contribution in [2.24, 2.45) is 0 Å². The van der Waals surface area contributed by atoms with E-state index in [1.807, 2.05) is 0 Å². The normalized spacial score (nSPS) is 10.7. The molecule has 6 heteroatoms. The van der Waals surface area contributed by atoms with Crippen LogP contribution in [0.15, 0.2) is 17.9 Å². The van der Waals surface area contributed by atoms with Crippen molar-refractivity contribution in [3.63, 3.8) is 0 Å². The van der Waals surface area contributed by atoms with Crippen LogP contribution in [0.1, 0.15) is 11.1 Å². The van der Waals surface area contributed by atoms with Crippen molar-refractivity contribution in [1.82, 2.24) is 0 Å². The zero-order chi connectivity index (χ0) is 10.9. The lowest BCUT2D eigenvalue weighted by atomic mass is 10.1. The Balaban J connectivity index is 3.57. The Morgan fingerprint density at radius 1 is 0.571 bits per heavy atom. The van der Waals surface area contributed by atoms with E-state index in [9.17, 15) is 0 Å². The largest absolute Gasteiger partial charge is 0.0876 e. The number of alkyl halides is 2. The molecule has 1 aromatic rings. The van der Waals surface area contributed by atoms with Crippen LogP contribution in [0.25, 0.3) is 0 Å². The molecule has 0 aliphatic carbocycles. The molecule has 0 N–H and O–H groups in total. The molecule has 0 saturated carbocycles. The molecule has 78 valence electrons. The molecule has 0 aliphatic heterocycles. The minimum Gasteiger partial charge on any atom is -0.0876 e. The van der Waals surface area contributed by atoms with Crippen molar-refractivity contribution in [3.05, 3.63) is 29.0 Å². The predicted molar refractivity (Wildman–Crippen MR) is 82.5 cm³/mol. The van der Waals surface area contributed by atoms with E-state index in [1.165, 1.54) is 11.1 Å². The van der Waals surface area contributed by atoms with Crippen LogP contribution in [0.2, 0.25) is 0 Å². The Morgan fingerprint density at radius 3 is 1.07 bits per heavy atom. The standard InChI is InChI=1S/C8H4Br6/c9-1-3-4(2-10)6(12)8(14)7(13)5(3)11/h1-2H2. The number of rotatable bonds is 2. The van der Waals surface area contributed by atoms with Gasteiger partial charge < -0.3 is 0 Å². The first-order chi connectivity index (χ1) is 6.54. The third kappa shape index (κ3) is 2.67. The maximum atomic E-state index is 3.57. The van der Waals surface area contributed by atoms with Gasteiger partial charge in [-0.05, 0) is 74.8 Å². The van der Waals surface area contributed by atoms with Crippen LogP contribution in [-0.2, 0) is 10.7 Å². The third-order valence-electron chi connectivity index (χ3n) is 1.74. The lowest BCUT2D eigenvalue weighted by Gasteiger charge is -2.13. The fourth-order valence-corrected chi connectivity index (χ4v) is 5.55. The van der Waals surface area contributed by atoms with Crippen LogP contribution < -0.4 is 0 Å². The van der Waals surface area contributed by atoms with Gasteiger partial charge >= 0.3 is 0 Å². The molecule has 0 heterocycles. The second-order valence-corrected chi connectivity index (χ2v) is 6.77. The molecule has 0 bridgehead atoms. The van der Waals surface area contributed by atoms with Gasteiger partial charge in [0.2, 0.25) is 0 Å². The molecule has 14 heavy (non-hydrogen) atoms. The summed E-state index contributed by atoms with van der Waals surface area (Å²) in [6, 6.07) is 0. The van der Waals surface area contributed by atoms with Gasteiger partial charge in [0.15, 0.2) is 0 Å². The third-order valence-corrected chi connectivity index (χ3v) is 7.79. The molecule has 0 amide bonds. The Bertz CT molecular complexity index is 325. The number of hydrogen-bond donors (Lipinski definition) is 0. The first-order valence-corrected chi connectivity index (χ1v) is 8.91. The minimum atomic E-state index is 0.818. The fourth-order valence-electron chi connectivity index (χ4n) is 1.00. The molecule has 0 saturated heterocycles. The average molecular weight is 580 g/mol. The van der Waals surface area contributed by atoms with E-state index in [0.29, 0.717) is 0 Å². The van der Waals surface area contributed by atoms with E-state index in [4.69, 9.17) is 0 Å². The summed E-state index contributed by atoms with van der Waals surface area (Å²) in [4.78, 5) is 0. The summed E-state index contributed by atoms with van der Waals surface area (Å²) < 4.78 is 4.23.